The molecule has 2 amide bonds. The highest BCUT2D eigenvalue weighted by Crippen LogP contribution is 2.16. The summed E-state index contributed by atoms with van der Waals surface area (Å²) in [5.74, 6) is 0.221. The molecular weight excluding hydrogens is 388 g/mol. The lowest BCUT2D eigenvalue weighted by molar-refractivity contribution is -1.00. The number of nitrogens with one attached hydrogen (secondary N) is 3. The van der Waals surface area contributed by atoms with Crippen LogP contribution in [0.25, 0.3) is 0 Å². The molecule has 0 radical (unpaired) electrons. The molecule has 2 aromatic rings. The number of rotatable bonds is 8. The highest BCUT2D eigenvalue weighted by atomic mass is 16.2. The van der Waals surface area contributed by atoms with E-state index in [1.807, 2.05) is 53.4 Å². The van der Waals surface area contributed by atoms with Gasteiger partial charge in [-0.05, 0) is 44.0 Å². The topological polar surface area (TPSA) is 58.3 Å². The first-order valence-corrected chi connectivity index (χ1v) is 11.4. The summed E-state index contributed by atoms with van der Waals surface area (Å²) in [6.45, 7) is 10.8. The predicted octanol–water partition coefficient (Wildman–Crippen LogP) is 0.413. The number of aryl methyl sites for hydroxylation is 1. The monoisotopic (exact) mass is 424 g/mol. The summed E-state index contributed by atoms with van der Waals surface area (Å²) in [6, 6.07) is 18.0. The third-order valence-corrected chi connectivity index (χ3v) is 5.97. The molecule has 0 aromatic heterocycles. The third-order valence-electron chi connectivity index (χ3n) is 5.97. The van der Waals surface area contributed by atoms with Gasteiger partial charge in [-0.3, -0.25) is 9.59 Å². The van der Waals surface area contributed by atoms with Crippen LogP contribution >= 0.6 is 0 Å². The molecular formula is C25H36N4O2+2. The van der Waals surface area contributed by atoms with Gasteiger partial charge in [0, 0.05) is 17.4 Å². The molecule has 1 saturated heterocycles. The van der Waals surface area contributed by atoms with Crippen molar-refractivity contribution in [2.75, 3.05) is 49.5 Å². The number of para-hydroxylation sites is 2. The minimum absolute atomic E-state index is 0.0606. The van der Waals surface area contributed by atoms with E-state index < -0.39 is 0 Å². The van der Waals surface area contributed by atoms with E-state index in [1.54, 1.807) is 0 Å². The van der Waals surface area contributed by atoms with E-state index in [9.17, 15) is 9.59 Å². The Labute approximate surface area is 185 Å². The molecule has 2 aromatic carbocycles. The van der Waals surface area contributed by atoms with Gasteiger partial charge in [-0.2, -0.15) is 0 Å². The quantitative estimate of drug-likeness (QED) is 0.575. The lowest BCUT2D eigenvalue weighted by atomic mass is 10.1. The molecule has 0 aliphatic carbocycles. The number of piperazine rings is 1. The highest BCUT2D eigenvalue weighted by Gasteiger charge is 2.29. The number of amides is 2. The molecule has 1 aliphatic heterocycles. The molecule has 0 spiro atoms. The number of anilines is 2. The molecule has 1 heterocycles. The molecule has 1 aliphatic rings. The first kappa shape index (κ1) is 23.0. The zero-order valence-corrected chi connectivity index (χ0v) is 19.0. The van der Waals surface area contributed by atoms with Crippen molar-refractivity contribution in [3.05, 3.63) is 60.2 Å². The number of benzene rings is 2. The molecule has 6 nitrogen and oxygen atoms in total. The van der Waals surface area contributed by atoms with E-state index in [-0.39, 0.29) is 17.9 Å². The second kappa shape index (κ2) is 11.1. The molecule has 0 atom stereocenters. The number of carbonyl (C=O) groups excluding carboxylic acids is 2. The number of hydrogen-bond donors (Lipinski definition) is 3. The molecule has 166 valence electrons. The Hall–Kier alpha value is -2.70. The minimum Gasteiger partial charge on any atom is -0.321 e. The molecule has 6 heteroatoms. The van der Waals surface area contributed by atoms with E-state index in [0.717, 1.165) is 49.5 Å². The van der Waals surface area contributed by atoms with Crippen molar-refractivity contribution < 1.29 is 19.4 Å². The fourth-order valence-electron chi connectivity index (χ4n) is 4.30. The van der Waals surface area contributed by atoms with Crippen LogP contribution in [-0.4, -0.2) is 57.1 Å². The van der Waals surface area contributed by atoms with Crippen LogP contribution in [-0.2, 0) is 16.0 Å². The van der Waals surface area contributed by atoms with Crippen LogP contribution in [0.2, 0.25) is 0 Å². The number of carbonyl (C=O) groups is 2. The second-order valence-electron chi connectivity index (χ2n) is 8.61. The Morgan fingerprint density at radius 3 is 2.10 bits per heavy atom. The van der Waals surface area contributed by atoms with Crippen LogP contribution < -0.4 is 20.0 Å². The highest BCUT2D eigenvalue weighted by molar-refractivity contribution is 5.94. The fraction of sp³-hybridized carbons (Fsp3) is 0.440. The average molecular weight is 425 g/mol. The maximum atomic E-state index is 13.0. The van der Waals surface area contributed by atoms with Crippen LogP contribution in [0.3, 0.4) is 0 Å². The lowest BCUT2D eigenvalue weighted by Gasteiger charge is -2.32. The summed E-state index contributed by atoms with van der Waals surface area (Å²) in [5, 5.41) is 3.07. The largest absolute Gasteiger partial charge is 0.321 e. The first-order chi connectivity index (χ1) is 15.0. The Morgan fingerprint density at radius 2 is 1.48 bits per heavy atom. The Kier molecular flexibility index (Phi) is 8.20. The maximum absolute atomic E-state index is 13.0. The summed E-state index contributed by atoms with van der Waals surface area (Å²) < 4.78 is 0. The van der Waals surface area contributed by atoms with Gasteiger partial charge in [-0.1, -0.05) is 43.3 Å². The summed E-state index contributed by atoms with van der Waals surface area (Å²) in [5.41, 5.74) is 3.03. The summed E-state index contributed by atoms with van der Waals surface area (Å²) in [4.78, 5) is 30.0. The third kappa shape index (κ3) is 6.39. The van der Waals surface area contributed by atoms with Crippen LogP contribution in [0, 0.1) is 0 Å². The van der Waals surface area contributed by atoms with Gasteiger partial charge in [0.25, 0.3) is 11.8 Å². The van der Waals surface area contributed by atoms with Gasteiger partial charge >= 0.3 is 0 Å². The van der Waals surface area contributed by atoms with E-state index in [2.05, 4.69) is 32.2 Å². The zero-order valence-electron chi connectivity index (χ0n) is 19.0. The predicted molar refractivity (Wildman–Crippen MR) is 125 cm³/mol. The van der Waals surface area contributed by atoms with Crippen LogP contribution in [0.4, 0.5) is 11.4 Å². The van der Waals surface area contributed by atoms with Gasteiger partial charge < -0.3 is 20.0 Å². The fourth-order valence-corrected chi connectivity index (χ4v) is 4.30. The summed E-state index contributed by atoms with van der Waals surface area (Å²) in [6.07, 6.45) is 0.899. The van der Waals surface area contributed by atoms with E-state index in [4.69, 9.17) is 0 Å². The van der Waals surface area contributed by atoms with Gasteiger partial charge in [-0.15, -0.1) is 0 Å². The number of hydrogen-bond acceptors (Lipinski definition) is 2. The maximum Gasteiger partial charge on any atom is 0.282 e. The average Bonchev–Trinajstić information content (AvgIpc) is 2.76. The van der Waals surface area contributed by atoms with Gasteiger partial charge in [0.05, 0.1) is 0 Å². The molecule has 0 saturated carbocycles. The van der Waals surface area contributed by atoms with E-state index in [0.29, 0.717) is 13.1 Å². The van der Waals surface area contributed by atoms with Crippen molar-refractivity contribution in [2.45, 2.75) is 33.2 Å². The van der Waals surface area contributed by atoms with Crippen LogP contribution in [0.1, 0.15) is 26.3 Å². The smallest absolute Gasteiger partial charge is 0.282 e. The molecule has 31 heavy (non-hydrogen) atoms. The van der Waals surface area contributed by atoms with Gasteiger partial charge in [-0.25, -0.2) is 0 Å². The van der Waals surface area contributed by atoms with Gasteiger partial charge in [0.2, 0.25) is 0 Å². The van der Waals surface area contributed by atoms with Crippen molar-refractivity contribution >= 4 is 23.2 Å². The Balaban J connectivity index is 1.48. The molecule has 0 unspecified atom stereocenters. The van der Waals surface area contributed by atoms with Crippen molar-refractivity contribution in [3.63, 3.8) is 0 Å². The van der Waals surface area contributed by atoms with Gasteiger partial charge in [0.1, 0.15) is 26.2 Å². The van der Waals surface area contributed by atoms with Crippen molar-refractivity contribution in [2.24, 2.45) is 0 Å². The van der Waals surface area contributed by atoms with Crippen LogP contribution in [0.15, 0.2) is 54.6 Å². The van der Waals surface area contributed by atoms with Crippen molar-refractivity contribution in [3.8, 4) is 0 Å². The Bertz CT molecular complexity index is 861. The first-order valence-electron chi connectivity index (χ1n) is 11.4. The number of quaternary nitrogens is 2. The van der Waals surface area contributed by atoms with Crippen molar-refractivity contribution in [1.29, 1.82) is 0 Å². The Morgan fingerprint density at radius 1 is 0.903 bits per heavy atom. The summed E-state index contributed by atoms with van der Waals surface area (Å²) in [7, 11) is 0. The van der Waals surface area contributed by atoms with Crippen LogP contribution in [0.5, 0.6) is 0 Å². The SMILES string of the molecule is CCc1ccccc1NC(=O)C[NH+]1CC[NH+](CC(=O)N(c2ccccc2)C(C)C)CC1. The molecule has 3 rings (SSSR count). The van der Waals surface area contributed by atoms with E-state index >= 15 is 0 Å². The lowest BCUT2D eigenvalue weighted by Crippen LogP contribution is -3.28. The molecule has 3 N–H and O–H groups in total. The zero-order chi connectivity index (χ0) is 22.2. The summed E-state index contributed by atoms with van der Waals surface area (Å²) >= 11 is 0. The normalized spacial score (nSPS) is 18.6. The van der Waals surface area contributed by atoms with E-state index in [1.165, 1.54) is 9.80 Å². The second-order valence-corrected chi connectivity index (χ2v) is 8.61. The molecule has 1 fully saturated rings. The number of nitrogens with zero attached hydrogens (tertiary/aromatic N) is 1. The van der Waals surface area contributed by atoms with Crippen molar-refractivity contribution in [1.82, 2.24) is 0 Å². The molecule has 0 bridgehead atoms. The standard InChI is InChI=1S/C25H34N4O2/c1-4-21-10-8-9-13-23(21)26-24(30)18-27-14-16-28(17-15-27)19-25(31)29(20(2)3)22-11-6-5-7-12-22/h5-13,20H,4,14-19H2,1-3H3,(H,26,30)/p+2. The van der Waals surface area contributed by atoms with Gasteiger partial charge in [0.15, 0.2) is 13.1 Å². The minimum atomic E-state index is 0.0606.